The molecule has 0 saturated carbocycles. The highest BCUT2D eigenvalue weighted by Crippen LogP contribution is 2.13. The lowest BCUT2D eigenvalue weighted by Gasteiger charge is -2.05. The molecule has 2 aromatic carbocycles. The molecule has 2 aromatic rings. The molecule has 0 spiro atoms. The summed E-state index contributed by atoms with van der Waals surface area (Å²) in [5.41, 5.74) is 1.68. The Hall–Kier alpha value is -3.61. The second-order valence-corrected chi connectivity index (χ2v) is 5.48. The van der Waals surface area contributed by atoms with E-state index in [9.17, 15) is 14.4 Å². The van der Waals surface area contributed by atoms with Gasteiger partial charge in [-0.15, -0.1) is 0 Å². The summed E-state index contributed by atoms with van der Waals surface area (Å²) in [4.78, 5) is 34.2. The first-order valence-electron chi connectivity index (χ1n) is 8.30. The van der Waals surface area contributed by atoms with E-state index < -0.39 is 18.4 Å². The van der Waals surface area contributed by atoms with E-state index in [0.717, 1.165) is 11.3 Å². The highest BCUT2D eigenvalue weighted by atomic mass is 16.5. The average Bonchev–Trinajstić information content (AvgIpc) is 2.66. The number of rotatable bonds is 8. The number of carbonyl (C=O) groups excluding carboxylic acids is 2. The number of hydrogen-bond acceptors (Lipinski definition) is 4. The molecule has 2 amide bonds. The van der Waals surface area contributed by atoms with Crippen LogP contribution in [0.25, 0.3) is 6.08 Å². The Bertz CT molecular complexity index is 826. The number of benzene rings is 2. The Morgan fingerprint density at radius 2 is 1.70 bits per heavy atom. The monoisotopic (exact) mass is 368 g/mol. The maximum Gasteiger partial charge on any atom is 0.322 e. The minimum absolute atomic E-state index is 0.305. The van der Waals surface area contributed by atoms with Crippen LogP contribution in [-0.2, 0) is 9.59 Å². The molecule has 0 bridgehead atoms. The normalized spacial score (nSPS) is 10.4. The largest absolute Gasteiger partial charge is 0.494 e. The second kappa shape index (κ2) is 9.76. The van der Waals surface area contributed by atoms with E-state index in [2.05, 4.69) is 10.6 Å². The lowest BCUT2D eigenvalue weighted by molar-refractivity contribution is -0.135. The van der Waals surface area contributed by atoms with Crippen LogP contribution in [0.5, 0.6) is 5.75 Å². The number of anilines is 1. The summed E-state index contributed by atoms with van der Waals surface area (Å²) < 4.78 is 5.36. The molecule has 7 nitrogen and oxygen atoms in total. The number of amides is 2. The lowest BCUT2D eigenvalue weighted by Crippen LogP contribution is -2.29. The molecule has 0 radical (unpaired) electrons. The van der Waals surface area contributed by atoms with Crippen LogP contribution in [0.3, 0.4) is 0 Å². The van der Waals surface area contributed by atoms with E-state index in [0.29, 0.717) is 17.9 Å². The van der Waals surface area contributed by atoms with Crippen molar-refractivity contribution in [2.24, 2.45) is 0 Å². The SMILES string of the molecule is CCOc1ccc(/C=C/C(=O)Nc2ccc(C(=O)NCC(=O)O)cc2)cc1. The topological polar surface area (TPSA) is 105 Å². The molecule has 0 unspecified atom stereocenters. The number of carbonyl (C=O) groups is 3. The molecule has 3 N–H and O–H groups in total. The summed E-state index contributed by atoms with van der Waals surface area (Å²) in [6.07, 6.45) is 3.09. The molecule has 140 valence electrons. The van der Waals surface area contributed by atoms with Gasteiger partial charge in [0.05, 0.1) is 6.61 Å². The van der Waals surface area contributed by atoms with Crippen LogP contribution in [0.15, 0.2) is 54.6 Å². The van der Waals surface area contributed by atoms with E-state index in [1.807, 2.05) is 31.2 Å². The van der Waals surface area contributed by atoms with Gasteiger partial charge in [0.2, 0.25) is 5.91 Å². The summed E-state index contributed by atoms with van der Waals surface area (Å²) in [7, 11) is 0. The maximum atomic E-state index is 12.0. The summed E-state index contributed by atoms with van der Waals surface area (Å²) in [5.74, 6) is -1.16. The minimum atomic E-state index is -1.12. The fraction of sp³-hybridized carbons (Fsp3) is 0.150. The molecule has 0 fully saturated rings. The standard InChI is InChI=1S/C20H20N2O5/c1-2-27-17-10-3-14(4-11-17)5-12-18(23)22-16-8-6-15(7-9-16)20(26)21-13-19(24)25/h3-12H,2,13H2,1H3,(H,21,26)(H,22,23)(H,24,25)/b12-5+. The van der Waals surface area contributed by atoms with E-state index in [1.165, 1.54) is 18.2 Å². The molecule has 0 atom stereocenters. The van der Waals surface area contributed by atoms with Crippen LogP contribution in [0.1, 0.15) is 22.8 Å². The molecule has 0 aliphatic rings. The average molecular weight is 368 g/mol. The zero-order chi connectivity index (χ0) is 19.6. The highest BCUT2D eigenvalue weighted by Gasteiger charge is 2.07. The number of carboxylic acids is 1. The van der Waals surface area contributed by atoms with Crippen molar-refractivity contribution in [2.45, 2.75) is 6.92 Å². The Kier molecular flexibility index (Phi) is 7.13. The van der Waals surface area contributed by atoms with Crippen molar-refractivity contribution >= 4 is 29.5 Å². The second-order valence-electron chi connectivity index (χ2n) is 5.48. The fourth-order valence-corrected chi connectivity index (χ4v) is 2.16. The zero-order valence-electron chi connectivity index (χ0n) is 14.8. The van der Waals surface area contributed by atoms with E-state index in [1.54, 1.807) is 18.2 Å². The first kappa shape index (κ1) is 19.7. The van der Waals surface area contributed by atoms with Gasteiger partial charge in [0, 0.05) is 17.3 Å². The first-order chi connectivity index (χ1) is 13.0. The predicted octanol–water partition coefficient (Wildman–Crippen LogP) is 2.55. The molecular formula is C20H20N2O5. The third-order valence-corrected chi connectivity index (χ3v) is 3.43. The minimum Gasteiger partial charge on any atom is -0.494 e. The van der Waals surface area contributed by atoms with Crippen LogP contribution in [0.2, 0.25) is 0 Å². The zero-order valence-corrected chi connectivity index (χ0v) is 14.8. The highest BCUT2D eigenvalue weighted by molar-refractivity contribution is 6.02. The quantitative estimate of drug-likeness (QED) is 0.621. The van der Waals surface area contributed by atoms with Crippen molar-refractivity contribution in [1.29, 1.82) is 0 Å². The van der Waals surface area contributed by atoms with E-state index in [4.69, 9.17) is 9.84 Å². The third kappa shape index (κ3) is 6.66. The van der Waals surface area contributed by atoms with Crippen LogP contribution >= 0.6 is 0 Å². The summed E-state index contributed by atoms with van der Waals surface area (Å²) in [6, 6.07) is 13.5. The molecule has 7 heteroatoms. The van der Waals surface area contributed by atoms with Crippen LogP contribution in [-0.4, -0.2) is 36.0 Å². The Labute approximate surface area is 156 Å². The Morgan fingerprint density at radius 3 is 2.30 bits per heavy atom. The fourth-order valence-electron chi connectivity index (χ4n) is 2.16. The smallest absolute Gasteiger partial charge is 0.322 e. The summed E-state index contributed by atoms with van der Waals surface area (Å²) in [6.45, 7) is 2.05. The number of carboxylic acid groups (broad SMARTS) is 1. The molecule has 0 aliphatic heterocycles. The van der Waals surface area contributed by atoms with Gasteiger partial charge in [-0.1, -0.05) is 12.1 Å². The van der Waals surface area contributed by atoms with Gasteiger partial charge in [-0.25, -0.2) is 0 Å². The number of hydrogen-bond donors (Lipinski definition) is 3. The molecular weight excluding hydrogens is 348 g/mol. The molecule has 0 aliphatic carbocycles. The lowest BCUT2D eigenvalue weighted by atomic mass is 10.2. The molecule has 27 heavy (non-hydrogen) atoms. The van der Waals surface area contributed by atoms with Crippen molar-refractivity contribution in [3.63, 3.8) is 0 Å². The number of nitrogens with one attached hydrogen (secondary N) is 2. The van der Waals surface area contributed by atoms with Gasteiger partial charge in [0.1, 0.15) is 12.3 Å². The molecule has 0 aromatic heterocycles. The van der Waals surface area contributed by atoms with E-state index >= 15 is 0 Å². The molecule has 0 heterocycles. The van der Waals surface area contributed by atoms with Gasteiger partial charge in [0.15, 0.2) is 0 Å². The van der Waals surface area contributed by atoms with Gasteiger partial charge in [-0.2, -0.15) is 0 Å². The Balaban J connectivity index is 1.89. The van der Waals surface area contributed by atoms with Crippen molar-refractivity contribution in [2.75, 3.05) is 18.5 Å². The first-order valence-corrected chi connectivity index (χ1v) is 8.30. The van der Waals surface area contributed by atoms with Gasteiger partial charge in [-0.3, -0.25) is 14.4 Å². The van der Waals surface area contributed by atoms with Crippen LogP contribution in [0, 0.1) is 0 Å². The summed E-state index contributed by atoms with van der Waals surface area (Å²) >= 11 is 0. The number of ether oxygens (including phenoxy) is 1. The number of aliphatic carboxylic acids is 1. The van der Waals surface area contributed by atoms with Gasteiger partial charge >= 0.3 is 5.97 Å². The van der Waals surface area contributed by atoms with Crippen LogP contribution < -0.4 is 15.4 Å². The van der Waals surface area contributed by atoms with Gasteiger partial charge in [-0.05, 0) is 55.0 Å². The maximum absolute atomic E-state index is 12.0. The van der Waals surface area contributed by atoms with Crippen LogP contribution in [0.4, 0.5) is 5.69 Å². The summed E-state index contributed by atoms with van der Waals surface area (Å²) in [5, 5.41) is 13.5. The van der Waals surface area contributed by atoms with Crippen molar-refractivity contribution in [3.8, 4) is 5.75 Å². The molecule has 2 rings (SSSR count). The van der Waals surface area contributed by atoms with Crippen molar-refractivity contribution in [3.05, 3.63) is 65.7 Å². The van der Waals surface area contributed by atoms with Gasteiger partial charge < -0.3 is 20.5 Å². The van der Waals surface area contributed by atoms with Crippen molar-refractivity contribution < 1.29 is 24.2 Å². The van der Waals surface area contributed by atoms with E-state index in [-0.39, 0.29) is 5.91 Å². The molecule has 0 saturated heterocycles. The predicted molar refractivity (Wildman–Crippen MR) is 102 cm³/mol. The van der Waals surface area contributed by atoms with Gasteiger partial charge in [0.25, 0.3) is 5.91 Å². The third-order valence-electron chi connectivity index (χ3n) is 3.43. The Morgan fingerprint density at radius 1 is 1.04 bits per heavy atom. The van der Waals surface area contributed by atoms with Crippen molar-refractivity contribution in [1.82, 2.24) is 5.32 Å².